The van der Waals surface area contributed by atoms with Crippen LogP contribution in [0, 0.1) is 0 Å². The molecule has 4 rings (SSSR count). The smallest absolute Gasteiger partial charge is 0.263 e. The number of benzene rings is 3. The lowest BCUT2D eigenvalue weighted by Gasteiger charge is -2.17. The van der Waals surface area contributed by atoms with E-state index in [-0.39, 0.29) is 11.5 Å². The summed E-state index contributed by atoms with van der Waals surface area (Å²) in [6, 6.07) is 20.5. The van der Waals surface area contributed by atoms with Gasteiger partial charge in [-0.25, -0.2) is 0 Å². The van der Waals surface area contributed by atoms with Crippen molar-refractivity contribution in [3.63, 3.8) is 0 Å². The van der Waals surface area contributed by atoms with Gasteiger partial charge < -0.3 is 19.7 Å². The van der Waals surface area contributed by atoms with Gasteiger partial charge in [-0.2, -0.15) is 0 Å². The predicted molar refractivity (Wildman–Crippen MR) is 135 cm³/mol. The molecule has 7 nitrogen and oxygen atoms in total. The zero-order valence-corrected chi connectivity index (χ0v) is 19.7. The molecule has 1 aromatic heterocycles. The fourth-order valence-corrected chi connectivity index (χ4v) is 3.83. The Morgan fingerprint density at radius 2 is 1.59 bits per heavy atom. The van der Waals surface area contributed by atoms with E-state index in [1.165, 1.54) is 18.8 Å². The molecule has 0 saturated heterocycles. The fourth-order valence-electron chi connectivity index (χ4n) is 3.83. The SMILES string of the molecule is COc1cc2c(C(=O)NCc3ccccc3)cn(-c3cccc(N(C)C)c3)c(=O)c2cc1OC. The molecule has 0 fully saturated rings. The summed E-state index contributed by atoms with van der Waals surface area (Å²) < 4.78 is 12.4. The summed E-state index contributed by atoms with van der Waals surface area (Å²) in [6.07, 6.45) is 1.59. The van der Waals surface area contributed by atoms with Crippen molar-refractivity contribution in [1.29, 1.82) is 0 Å². The minimum absolute atomic E-state index is 0.258. The second kappa shape index (κ2) is 9.70. The van der Waals surface area contributed by atoms with Crippen LogP contribution < -0.4 is 25.2 Å². The quantitative estimate of drug-likeness (QED) is 0.454. The molecular weight excluding hydrogens is 430 g/mol. The first kappa shape index (κ1) is 22.9. The Bertz CT molecular complexity index is 1390. The number of rotatable bonds is 7. The van der Waals surface area contributed by atoms with Gasteiger partial charge in [0.05, 0.1) is 30.9 Å². The maximum atomic E-state index is 13.6. The molecule has 0 radical (unpaired) electrons. The summed E-state index contributed by atoms with van der Waals surface area (Å²) in [6.45, 7) is 0.365. The molecule has 0 aliphatic heterocycles. The molecule has 0 aliphatic rings. The number of hydrogen-bond acceptors (Lipinski definition) is 5. The number of anilines is 1. The molecule has 1 heterocycles. The predicted octanol–water partition coefficient (Wildman–Crippen LogP) is 4.00. The Morgan fingerprint density at radius 3 is 2.24 bits per heavy atom. The lowest BCUT2D eigenvalue weighted by atomic mass is 10.0. The van der Waals surface area contributed by atoms with Crippen molar-refractivity contribution in [2.45, 2.75) is 6.54 Å². The number of carbonyl (C=O) groups is 1. The Balaban J connectivity index is 1.90. The topological polar surface area (TPSA) is 72.8 Å². The molecule has 0 saturated carbocycles. The van der Waals surface area contributed by atoms with Gasteiger partial charge >= 0.3 is 0 Å². The van der Waals surface area contributed by atoms with Crippen LogP contribution in [0.4, 0.5) is 5.69 Å². The standard InChI is InChI=1S/C27H27N3O4/c1-29(2)19-11-8-12-20(13-19)30-17-23(26(31)28-16-18-9-6-5-7-10-18)21-14-24(33-3)25(34-4)15-22(21)27(30)32/h5-15,17H,16H2,1-4H3,(H,28,31). The highest BCUT2D eigenvalue weighted by atomic mass is 16.5. The van der Waals surface area contributed by atoms with Crippen molar-refractivity contribution in [3.8, 4) is 17.2 Å². The van der Waals surface area contributed by atoms with E-state index in [1.807, 2.05) is 73.6 Å². The van der Waals surface area contributed by atoms with E-state index < -0.39 is 0 Å². The van der Waals surface area contributed by atoms with E-state index in [9.17, 15) is 9.59 Å². The number of amides is 1. The van der Waals surface area contributed by atoms with Crippen LogP contribution in [0.2, 0.25) is 0 Å². The Labute approximate surface area is 198 Å². The van der Waals surface area contributed by atoms with Gasteiger partial charge in [-0.15, -0.1) is 0 Å². The van der Waals surface area contributed by atoms with Crippen molar-refractivity contribution in [3.05, 3.63) is 94.4 Å². The molecule has 4 aromatic rings. The van der Waals surface area contributed by atoms with Crippen LogP contribution >= 0.6 is 0 Å². The summed E-state index contributed by atoms with van der Waals surface area (Å²) in [7, 11) is 6.90. The number of nitrogens with zero attached hydrogens (tertiary/aromatic N) is 2. The molecule has 0 bridgehead atoms. The van der Waals surface area contributed by atoms with Crippen LogP contribution in [0.3, 0.4) is 0 Å². The van der Waals surface area contributed by atoms with E-state index in [2.05, 4.69) is 5.32 Å². The third kappa shape index (κ3) is 4.45. The van der Waals surface area contributed by atoms with Crippen LogP contribution in [0.25, 0.3) is 16.5 Å². The lowest BCUT2D eigenvalue weighted by Crippen LogP contribution is -2.27. The van der Waals surface area contributed by atoms with Gasteiger partial charge in [-0.05, 0) is 35.9 Å². The van der Waals surface area contributed by atoms with Crippen LogP contribution in [0.5, 0.6) is 11.5 Å². The number of carbonyl (C=O) groups excluding carboxylic acids is 1. The van der Waals surface area contributed by atoms with Gasteiger partial charge in [-0.3, -0.25) is 14.2 Å². The van der Waals surface area contributed by atoms with E-state index in [1.54, 1.807) is 18.3 Å². The van der Waals surface area contributed by atoms with Crippen molar-refractivity contribution in [1.82, 2.24) is 9.88 Å². The van der Waals surface area contributed by atoms with Crippen molar-refractivity contribution in [2.24, 2.45) is 0 Å². The molecule has 34 heavy (non-hydrogen) atoms. The minimum Gasteiger partial charge on any atom is -0.493 e. The fraction of sp³-hybridized carbons (Fsp3) is 0.185. The highest BCUT2D eigenvalue weighted by Crippen LogP contribution is 2.33. The molecule has 1 amide bonds. The van der Waals surface area contributed by atoms with Gasteiger partial charge in [0.15, 0.2) is 11.5 Å². The van der Waals surface area contributed by atoms with Crippen LogP contribution in [-0.4, -0.2) is 38.8 Å². The number of fused-ring (bicyclic) bond motifs is 1. The maximum absolute atomic E-state index is 13.6. The average molecular weight is 458 g/mol. The molecule has 0 atom stereocenters. The van der Waals surface area contributed by atoms with Crippen LogP contribution in [0.15, 0.2) is 77.7 Å². The highest BCUT2D eigenvalue weighted by molar-refractivity contribution is 6.07. The van der Waals surface area contributed by atoms with Crippen molar-refractivity contribution < 1.29 is 14.3 Å². The highest BCUT2D eigenvalue weighted by Gasteiger charge is 2.19. The maximum Gasteiger partial charge on any atom is 0.263 e. The molecule has 0 aliphatic carbocycles. The third-order valence-corrected chi connectivity index (χ3v) is 5.69. The van der Waals surface area contributed by atoms with Crippen LogP contribution in [-0.2, 0) is 6.54 Å². The van der Waals surface area contributed by atoms with E-state index in [0.29, 0.717) is 40.1 Å². The number of aromatic nitrogens is 1. The van der Waals surface area contributed by atoms with Gasteiger partial charge in [0.1, 0.15) is 0 Å². The molecule has 3 aromatic carbocycles. The Morgan fingerprint density at radius 1 is 0.912 bits per heavy atom. The largest absolute Gasteiger partial charge is 0.493 e. The Kier molecular flexibility index (Phi) is 6.54. The number of pyridine rings is 1. The summed E-state index contributed by atoms with van der Waals surface area (Å²) in [5.41, 5.74) is 2.68. The number of ether oxygens (including phenoxy) is 2. The Hall–Kier alpha value is -4.26. The van der Waals surface area contributed by atoms with Crippen LogP contribution in [0.1, 0.15) is 15.9 Å². The van der Waals surface area contributed by atoms with E-state index in [4.69, 9.17) is 9.47 Å². The van der Waals surface area contributed by atoms with Gasteiger partial charge in [-0.1, -0.05) is 36.4 Å². The molecule has 174 valence electrons. The second-order valence-electron chi connectivity index (χ2n) is 8.05. The van der Waals surface area contributed by atoms with Crippen molar-refractivity contribution in [2.75, 3.05) is 33.2 Å². The summed E-state index contributed by atoms with van der Waals surface area (Å²) in [5, 5.41) is 3.82. The summed E-state index contributed by atoms with van der Waals surface area (Å²) in [5.74, 6) is 0.569. The molecule has 7 heteroatoms. The normalized spacial score (nSPS) is 10.7. The van der Waals surface area contributed by atoms with Gasteiger partial charge in [0.25, 0.3) is 11.5 Å². The van der Waals surface area contributed by atoms with Gasteiger partial charge in [0, 0.05) is 37.9 Å². The zero-order chi connectivity index (χ0) is 24.2. The second-order valence-corrected chi connectivity index (χ2v) is 8.05. The molecule has 0 spiro atoms. The molecule has 1 N–H and O–H groups in total. The van der Waals surface area contributed by atoms with Gasteiger partial charge in [0.2, 0.25) is 0 Å². The first-order valence-corrected chi connectivity index (χ1v) is 10.8. The average Bonchev–Trinajstić information content (AvgIpc) is 2.87. The zero-order valence-electron chi connectivity index (χ0n) is 19.7. The summed E-state index contributed by atoms with van der Waals surface area (Å²) in [4.78, 5) is 28.9. The van der Waals surface area contributed by atoms with Crippen molar-refractivity contribution >= 4 is 22.4 Å². The van der Waals surface area contributed by atoms with E-state index >= 15 is 0 Å². The third-order valence-electron chi connectivity index (χ3n) is 5.69. The van der Waals surface area contributed by atoms with E-state index in [0.717, 1.165) is 11.3 Å². The monoisotopic (exact) mass is 457 g/mol. The first-order chi connectivity index (χ1) is 16.4. The summed E-state index contributed by atoms with van der Waals surface area (Å²) >= 11 is 0. The lowest BCUT2D eigenvalue weighted by molar-refractivity contribution is 0.0952. The molecule has 0 unspecified atom stereocenters. The number of methoxy groups -OCH3 is 2. The minimum atomic E-state index is -0.293. The number of hydrogen-bond donors (Lipinski definition) is 1. The number of nitrogens with one attached hydrogen (secondary N) is 1. The molecular formula is C27H27N3O4. The first-order valence-electron chi connectivity index (χ1n) is 10.8.